The number of nitrogens with zero attached hydrogens (tertiary/aromatic N) is 3. The van der Waals surface area contributed by atoms with E-state index in [-0.39, 0.29) is 6.04 Å². The molecule has 0 aromatic carbocycles. The van der Waals surface area contributed by atoms with Gasteiger partial charge in [0.05, 0.1) is 11.6 Å². The number of aryl methyl sites for hydroxylation is 1. The molecule has 1 unspecified atom stereocenters. The molecule has 0 saturated heterocycles. The molecule has 2 heterocycles. The van der Waals surface area contributed by atoms with Gasteiger partial charge in [-0.05, 0) is 33.0 Å². The second kappa shape index (κ2) is 4.40. The lowest BCUT2D eigenvalue weighted by molar-refractivity contribution is 0.441. The van der Waals surface area contributed by atoms with Gasteiger partial charge >= 0.3 is 0 Å². The summed E-state index contributed by atoms with van der Waals surface area (Å²) in [7, 11) is 1.85. The van der Waals surface area contributed by atoms with Gasteiger partial charge in [-0.1, -0.05) is 0 Å². The van der Waals surface area contributed by atoms with Crippen molar-refractivity contribution in [2.24, 2.45) is 0 Å². The molecule has 0 amide bonds. The average Bonchev–Trinajstić information content (AvgIpc) is 2.78. The Morgan fingerprint density at radius 3 is 2.88 bits per heavy atom. The van der Waals surface area contributed by atoms with Gasteiger partial charge in [0.1, 0.15) is 0 Å². The summed E-state index contributed by atoms with van der Waals surface area (Å²) in [5.41, 5.74) is 1.76. The Hall–Kier alpha value is -1.75. The highest BCUT2D eigenvalue weighted by Gasteiger charge is 2.14. The van der Waals surface area contributed by atoms with Gasteiger partial charge in [-0.25, -0.2) is 0 Å². The van der Waals surface area contributed by atoms with E-state index in [1.807, 2.05) is 33.0 Å². The van der Waals surface area contributed by atoms with Crippen LogP contribution in [-0.4, -0.2) is 22.2 Å². The number of pyridine rings is 1. The third kappa shape index (κ3) is 1.94. The van der Waals surface area contributed by atoms with E-state index in [4.69, 9.17) is 4.42 Å². The summed E-state index contributed by atoms with van der Waals surface area (Å²) in [5, 5.41) is 11.1. The Kier molecular flexibility index (Phi) is 2.96. The van der Waals surface area contributed by atoms with E-state index in [0.717, 1.165) is 11.3 Å². The van der Waals surface area contributed by atoms with E-state index in [2.05, 4.69) is 20.5 Å². The molecule has 0 aliphatic carbocycles. The molecule has 0 spiro atoms. The van der Waals surface area contributed by atoms with Gasteiger partial charge in [0.25, 0.3) is 0 Å². The van der Waals surface area contributed by atoms with Crippen LogP contribution in [0.5, 0.6) is 0 Å². The fraction of sp³-hybridized carbons (Fsp3) is 0.364. The quantitative estimate of drug-likeness (QED) is 0.849. The van der Waals surface area contributed by atoms with Crippen molar-refractivity contribution in [1.29, 1.82) is 0 Å². The van der Waals surface area contributed by atoms with Crippen LogP contribution >= 0.6 is 0 Å². The van der Waals surface area contributed by atoms with Crippen LogP contribution < -0.4 is 5.32 Å². The van der Waals surface area contributed by atoms with Crippen molar-refractivity contribution < 1.29 is 4.42 Å². The first-order valence-corrected chi connectivity index (χ1v) is 5.15. The van der Waals surface area contributed by atoms with E-state index >= 15 is 0 Å². The normalized spacial score (nSPS) is 12.7. The minimum Gasteiger partial charge on any atom is -0.419 e. The molecule has 1 N–H and O–H groups in total. The van der Waals surface area contributed by atoms with E-state index in [0.29, 0.717) is 11.8 Å². The van der Waals surface area contributed by atoms with E-state index in [1.54, 1.807) is 6.20 Å². The first-order chi connectivity index (χ1) is 7.72. The van der Waals surface area contributed by atoms with E-state index in [1.165, 1.54) is 0 Å². The Bertz CT molecular complexity index is 480. The Labute approximate surface area is 93.9 Å². The van der Waals surface area contributed by atoms with Gasteiger partial charge in [-0.2, -0.15) is 0 Å². The summed E-state index contributed by atoms with van der Waals surface area (Å²) in [6.07, 6.45) is 1.74. The fourth-order valence-corrected chi connectivity index (χ4v) is 1.35. The molecule has 0 fully saturated rings. The molecule has 0 aliphatic rings. The molecule has 2 rings (SSSR count). The summed E-state index contributed by atoms with van der Waals surface area (Å²) in [6.45, 7) is 3.88. The van der Waals surface area contributed by atoms with Gasteiger partial charge in [0.2, 0.25) is 11.8 Å². The summed E-state index contributed by atoms with van der Waals surface area (Å²) in [6, 6.07) is 3.83. The van der Waals surface area contributed by atoms with Crippen molar-refractivity contribution in [3.63, 3.8) is 0 Å². The van der Waals surface area contributed by atoms with Crippen molar-refractivity contribution in [2.75, 3.05) is 7.05 Å². The minimum atomic E-state index is 0.0539. The molecule has 5 heteroatoms. The number of aromatic nitrogens is 3. The van der Waals surface area contributed by atoms with E-state index in [9.17, 15) is 0 Å². The number of rotatable bonds is 3. The molecule has 16 heavy (non-hydrogen) atoms. The topological polar surface area (TPSA) is 63.8 Å². The van der Waals surface area contributed by atoms with Crippen molar-refractivity contribution in [3.8, 4) is 11.5 Å². The summed E-state index contributed by atoms with van der Waals surface area (Å²) >= 11 is 0. The molecule has 0 bridgehead atoms. The standard InChI is InChI=1S/C11H14N4O/c1-7-9(5-4-6-13-7)11-15-14-10(16-11)8(2)12-3/h4-6,8,12H,1-3H3. The number of hydrogen-bond acceptors (Lipinski definition) is 5. The molecule has 2 aromatic rings. The minimum absolute atomic E-state index is 0.0539. The first-order valence-electron chi connectivity index (χ1n) is 5.15. The Morgan fingerprint density at radius 1 is 1.38 bits per heavy atom. The van der Waals surface area contributed by atoms with Crippen LogP contribution in [0.3, 0.4) is 0 Å². The van der Waals surface area contributed by atoms with Crippen LogP contribution in [-0.2, 0) is 0 Å². The average molecular weight is 218 g/mol. The molecule has 0 saturated carbocycles. The Balaban J connectivity index is 2.35. The zero-order chi connectivity index (χ0) is 11.5. The zero-order valence-corrected chi connectivity index (χ0v) is 9.56. The summed E-state index contributed by atoms with van der Waals surface area (Å²) in [4.78, 5) is 4.19. The monoisotopic (exact) mass is 218 g/mol. The van der Waals surface area contributed by atoms with Crippen LogP contribution in [0.1, 0.15) is 24.6 Å². The van der Waals surface area contributed by atoms with Crippen LogP contribution in [0.15, 0.2) is 22.7 Å². The maximum atomic E-state index is 5.58. The van der Waals surface area contributed by atoms with Gasteiger partial charge in [0, 0.05) is 11.9 Å². The second-order valence-electron chi connectivity index (χ2n) is 3.59. The Morgan fingerprint density at radius 2 is 2.19 bits per heavy atom. The van der Waals surface area contributed by atoms with Crippen LogP contribution in [0.2, 0.25) is 0 Å². The lowest BCUT2D eigenvalue weighted by Gasteiger charge is -2.02. The SMILES string of the molecule is CNC(C)c1nnc(-c2cccnc2C)o1. The maximum absolute atomic E-state index is 5.58. The van der Waals surface area contributed by atoms with Crippen molar-refractivity contribution in [2.45, 2.75) is 19.9 Å². The molecular weight excluding hydrogens is 204 g/mol. The van der Waals surface area contributed by atoms with Gasteiger partial charge in [-0.3, -0.25) is 4.98 Å². The largest absolute Gasteiger partial charge is 0.419 e. The maximum Gasteiger partial charge on any atom is 0.249 e. The first kappa shape index (κ1) is 10.8. The number of hydrogen-bond donors (Lipinski definition) is 1. The molecule has 84 valence electrons. The zero-order valence-electron chi connectivity index (χ0n) is 9.56. The molecule has 0 aliphatic heterocycles. The predicted octanol–water partition coefficient (Wildman–Crippen LogP) is 1.72. The van der Waals surface area contributed by atoms with Crippen LogP contribution in [0.25, 0.3) is 11.5 Å². The third-order valence-corrected chi connectivity index (χ3v) is 2.48. The summed E-state index contributed by atoms with van der Waals surface area (Å²) in [5.74, 6) is 1.10. The van der Waals surface area contributed by atoms with E-state index < -0.39 is 0 Å². The highest BCUT2D eigenvalue weighted by Crippen LogP contribution is 2.21. The highest BCUT2D eigenvalue weighted by atomic mass is 16.4. The van der Waals surface area contributed by atoms with Crippen LogP contribution in [0.4, 0.5) is 0 Å². The lowest BCUT2D eigenvalue weighted by Crippen LogP contribution is -2.12. The van der Waals surface area contributed by atoms with Crippen molar-refractivity contribution in [3.05, 3.63) is 29.9 Å². The molecular formula is C11H14N4O. The molecule has 0 radical (unpaired) electrons. The fourth-order valence-electron chi connectivity index (χ4n) is 1.35. The smallest absolute Gasteiger partial charge is 0.249 e. The predicted molar refractivity (Wildman–Crippen MR) is 59.7 cm³/mol. The van der Waals surface area contributed by atoms with Gasteiger partial charge in [0.15, 0.2) is 0 Å². The molecule has 5 nitrogen and oxygen atoms in total. The summed E-state index contributed by atoms with van der Waals surface area (Å²) < 4.78 is 5.58. The molecule has 2 aromatic heterocycles. The van der Waals surface area contributed by atoms with Gasteiger partial charge < -0.3 is 9.73 Å². The van der Waals surface area contributed by atoms with Crippen LogP contribution in [0, 0.1) is 6.92 Å². The van der Waals surface area contributed by atoms with Crippen molar-refractivity contribution >= 4 is 0 Å². The third-order valence-electron chi connectivity index (χ3n) is 2.48. The molecule has 1 atom stereocenters. The van der Waals surface area contributed by atoms with Gasteiger partial charge in [-0.15, -0.1) is 10.2 Å². The number of nitrogens with one attached hydrogen (secondary N) is 1. The highest BCUT2D eigenvalue weighted by molar-refractivity contribution is 5.55. The van der Waals surface area contributed by atoms with Crippen molar-refractivity contribution in [1.82, 2.24) is 20.5 Å². The second-order valence-corrected chi connectivity index (χ2v) is 3.59. The lowest BCUT2D eigenvalue weighted by atomic mass is 10.2.